The van der Waals surface area contributed by atoms with Gasteiger partial charge < -0.3 is 9.64 Å². The molecule has 2 aromatic heterocycles. The second kappa shape index (κ2) is 7.92. The smallest absolute Gasteiger partial charge is 0.270 e. The lowest BCUT2D eigenvalue weighted by molar-refractivity contribution is 0.0337. The van der Waals surface area contributed by atoms with Crippen LogP contribution in [0.4, 0.5) is 5.95 Å². The van der Waals surface area contributed by atoms with E-state index in [1.165, 1.54) is 6.07 Å². The van der Waals surface area contributed by atoms with Crippen molar-refractivity contribution in [2.45, 2.75) is 6.10 Å². The minimum atomic E-state index is -0.658. The molecule has 0 radical (unpaired) electrons. The molecule has 1 aliphatic heterocycles. The van der Waals surface area contributed by atoms with Gasteiger partial charge in [0.2, 0.25) is 5.95 Å². The van der Waals surface area contributed by atoms with Crippen molar-refractivity contribution in [3.8, 4) is 11.3 Å². The van der Waals surface area contributed by atoms with Gasteiger partial charge >= 0.3 is 0 Å². The molecule has 0 spiro atoms. The summed E-state index contributed by atoms with van der Waals surface area (Å²) in [4.78, 5) is 35.4. The third-order valence-corrected chi connectivity index (χ3v) is 4.84. The Bertz CT molecular complexity index is 1040. The van der Waals surface area contributed by atoms with Gasteiger partial charge in [-0.3, -0.25) is 14.6 Å². The third-order valence-electron chi connectivity index (χ3n) is 4.53. The van der Waals surface area contributed by atoms with Crippen LogP contribution >= 0.6 is 11.8 Å². The fourth-order valence-electron chi connectivity index (χ4n) is 3.10. The second-order valence-electron chi connectivity index (χ2n) is 6.33. The van der Waals surface area contributed by atoms with E-state index < -0.39 is 11.7 Å². The molecular formula is C20H17ClN4O3. The summed E-state index contributed by atoms with van der Waals surface area (Å²) in [5.41, 5.74) is 1.44. The van der Waals surface area contributed by atoms with E-state index in [0.29, 0.717) is 24.4 Å². The molecule has 0 bridgehead atoms. The number of aromatic nitrogens is 3. The molecule has 0 saturated carbocycles. The number of hydrogen-bond acceptors (Lipinski definition) is 6. The first-order chi connectivity index (χ1) is 13.6. The van der Waals surface area contributed by atoms with E-state index >= 15 is 0 Å². The van der Waals surface area contributed by atoms with Crippen molar-refractivity contribution in [3.63, 3.8) is 0 Å². The number of ketones is 1. The first-order valence-electron chi connectivity index (χ1n) is 8.80. The van der Waals surface area contributed by atoms with Crippen LogP contribution in [0.3, 0.4) is 0 Å². The summed E-state index contributed by atoms with van der Waals surface area (Å²) in [5.74, 6) is 0.175. The molecular weight excluding hydrogens is 380 g/mol. The summed E-state index contributed by atoms with van der Waals surface area (Å²) < 4.78 is 6.65. The van der Waals surface area contributed by atoms with Gasteiger partial charge in [0.05, 0.1) is 18.8 Å². The number of rotatable bonds is 4. The van der Waals surface area contributed by atoms with Crippen molar-refractivity contribution in [3.05, 3.63) is 76.8 Å². The summed E-state index contributed by atoms with van der Waals surface area (Å²) in [6.45, 7) is 1.06. The van der Waals surface area contributed by atoms with Crippen LogP contribution in [0.5, 0.6) is 0 Å². The quantitative estimate of drug-likeness (QED) is 0.630. The lowest BCUT2D eigenvalue weighted by atomic mass is 10.1. The predicted octanol–water partition coefficient (Wildman–Crippen LogP) is 2.40. The molecule has 1 fully saturated rings. The number of ether oxygens (including phenoxy) is 1. The summed E-state index contributed by atoms with van der Waals surface area (Å²) in [5, 5.41) is 0. The van der Waals surface area contributed by atoms with Gasteiger partial charge in [-0.25, -0.2) is 4.98 Å². The standard InChI is InChI=1S/C20H17ClN4O3/c21-25-18(26)12-16(14-6-8-22-9-7-14)23-20(25)24-10-11-28-17(13-24)19(27)15-4-2-1-3-5-15/h1-9,12,17H,10-11,13H2. The van der Waals surface area contributed by atoms with Gasteiger partial charge in [0.25, 0.3) is 5.56 Å². The Kier molecular flexibility index (Phi) is 5.18. The number of benzene rings is 1. The SMILES string of the molecule is O=C(c1ccccc1)C1CN(c2nc(-c3ccncc3)cc(=O)n2Cl)CCO1. The Labute approximate surface area is 166 Å². The number of hydrogen-bond donors (Lipinski definition) is 0. The Morgan fingerprint density at radius 1 is 1.14 bits per heavy atom. The van der Waals surface area contributed by atoms with Crippen LogP contribution in [0.2, 0.25) is 0 Å². The van der Waals surface area contributed by atoms with Crippen molar-refractivity contribution in [2.75, 3.05) is 24.6 Å². The zero-order valence-electron chi connectivity index (χ0n) is 14.9. The number of Topliss-reactive ketones (excluding diaryl/α,β-unsaturated/α-hetero) is 1. The summed E-state index contributed by atoms with van der Waals surface area (Å²) >= 11 is 6.19. The molecule has 142 valence electrons. The van der Waals surface area contributed by atoms with E-state index in [1.807, 2.05) is 18.2 Å². The van der Waals surface area contributed by atoms with Crippen LogP contribution in [0.15, 0.2) is 65.7 Å². The summed E-state index contributed by atoms with van der Waals surface area (Å²) in [7, 11) is 0. The highest BCUT2D eigenvalue weighted by molar-refractivity contribution is 6.16. The van der Waals surface area contributed by atoms with Crippen molar-refractivity contribution >= 4 is 23.5 Å². The molecule has 3 aromatic rings. The summed E-state index contributed by atoms with van der Waals surface area (Å²) in [6.07, 6.45) is 2.60. The van der Waals surface area contributed by atoms with Crippen LogP contribution in [0.25, 0.3) is 11.3 Å². The number of carbonyl (C=O) groups excluding carboxylic acids is 1. The van der Waals surface area contributed by atoms with E-state index in [9.17, 15) is 9.59 Å². The van der Waals surface area contributed by atoms with Gasteiger partial charge in [-0.15, -0.1) is 0 Å². The first-order valence-corrected chi connectivity index (χ1v) is 9.14. The average molecular weight is 397 g/mol. The number of carbonyl (C=O) groups is 1. The number of nitrogens with zero attached hydrogens (tertiary/aromatic N) is 4. The number of anilines is 1. The van der Waals surface area contributed by atoms with Gasteiger partial charge in [-0.2, -0.15) is 4.09 Å². The molecule has 0 amide bonds. The van der Waals surface area contributed by atoms with Crippen LogP contribution in [-0.4, -0.2) is 45.6 Å². The molecule has 0 aliphatic carbocycles. The van der Waals surface area contributed by atoms with Crippen molar-refractivity contribution in [1.29, 1.82) is 0 Å². The Morgan fingerprint density at radius 2 is 1.89 bits per heavy atom. The third kappa shape index (κ3) is 3.67. The van der Waals surface area contributed by atoms with E-state index in [4.69, 9.17) is 16.5 Å². The minimum absolute atomic E-state index is 0.112. The minimum Gasteiger partial charge on any atom is -0.366 e. The lowest BCUT2D eigenvalue weighted by Gasteiger charge is -2.33. The van der Waals surface area contributed by atoms with E-state index in [1.54, 1.807) is 41.6 Å². The van der Waals surface area contributed by atoms with Gasteiger partial charge in [0, 0.05) is 47.9 Å². The fraction of sp³-hybridized carbons (Fsp3) is 0.200. The Balaban J connectivity index is 1.64. The molecule has 1 saturated heterocycles. The van der Waals surface area contributed by atoms with E-state index in [2.05, 4.69) is 9.97 Å². The number of pyridine rings is 1. The number of morpholine rings is 1. The zero-order chi connectivity index (χ0) is 19.5. The molecule has 4 rings (SSSR count). The van der Waals surface area contributed by atoms with Crippen LogP contribution < -0.4 is 10.5 Å². The maximum Gasteiger partial charge on any atom is 0.270 e. The molecule has 28 heavy (non-hydrogen) atoms. The van der Waals surface area contributed by atoms with Crippen molar-refractivity contribution < 1.29 is 9.53 Å². The van der Waals surface area contributed by atoms with Gasteiger partial charge in [-0.05, 0) is 12.1 Å². The molecule has 1 atom stereocenters. The Morgan fingerprint density at radius 3 is 2.64 bits per heavy atom. The topological polar surface area (TPSA) is 77.3 Å². The van der Waals surface area contributed by atoms with E-state index in [-0.39, 0.29) is 18.3 Å². The van der Waals surface area contributed by atoms with Crippen LogP contribution in [0, 0.1) is 0 Å². The first kappa shape index (κ1) is 18.3. The summed E-state index contributed by atoms with van der Waals surface area (Å²) in [6, 6.07) is 13.9. The van der Waals surface area contributed by atoms with Gasteiger partial charge in [0.15, 0.2) is 5.78 Å². The normalized spacial score (nSPS) is 16.8. The molecule has 3 heterocycles. The number of halogens is 1. The molecule has 8 heteroatoms. The van der Waals surface area contributed by atoms with Gasteiger partial charge in [0.1, 0.15) is 6.10 Å². The van der Waals surface area contributed by atoms with E-state index in [0.717, 1.165) is 9.65 Å². The lowest BCUT2D eigenvalue weighted by Crippen LogP contribution is -2.47. The average Bonchev–Trinajstić information content (AvgIpc) is 2.76. The van der Waals surface area contributed by atoms with Crippen molar-refractivity contribution in [1.82, 2.24) is 14.1 Å². The largest absolute Gasteiger partial charge is 0.366 e. The second-order valence-corrected chi connectivity index (χ2v) is 6.67. The molecule has 0 N–H and O–H groups in total. The maximum absolute atomic E-state index is 12.7. The van der Waals surface area contributed by atoms with Crippen LogP contribution in [0.1, 0.15) is 10.4 Å². The molecule has 1 unspecified atom stereocenters. The molecule has 7 nitrogen and oxygen atoms in total. The van der Waals surface area contributed by atoms with Crippen LogP contribution in [-0.2, 0) is 4.74 Å². The predicted molar refractivity (Wildman–Crippen MR) is 106 cm³/mol. The molecule has 1 aliphatic rings. The highest BCUT2D eigenvalue weighted by Gasteiger charge is 2.29. The fourth-order valence-corrected chi connectivity index (χ4v) is 3.29. The van der Waals surface area contributed by atoms with Crippen molar-refractivity contribution in [2.24, 2.45) is 0 Å². The monoisotopic (exact) mass is 396 g/mol. The Hall–Kier alpha value is -3.03. The maximum atomic E-state index is 12.7. The highest BCUT2D eigenvalue weighted by Crippen LogP contribution is 2.22. The van der Waals surface area contributed by atoms with Gasteiger partial charge in [-0.1, -0.05) is 30.3 Å². The molecule has 1 aromatic carbocycles. The highest BCUT2D eigenvalue weighted by atomic mass is 35.5. The zero-order valence-corrected chi connectivity index (χ0v) is 15.6.